The second kappa shape index (κ2) is 4.55. The fraction of sp³-hybridized carbons (Fsp3) is 0.750. The molecule has 0 radical (unpaired) electrons. The van der Waals surface area contributed by atoms with Gasteiger partial charge < -0.3 is 5.32 Å². The summed E-state index contributed by atoms with van der Waals surface area (Å²) in [6.07, 6.45) is 0. The molecule has 1 amide bonds. The third kappa shape index (κ3) is 3.58. The Balaban J connectivity index is 2.99. The number of amides is 1. The number of carbonyl (C=O) groups excluding carboxylic acids is 1. The number of hydrogen-bond acceptors (Lipinski definition) is 3. The Hall–Kier alpha value is -0.610. The van der Waals surface area contributed by atoms with Crippen LogP contribution in [0, 0.1) is 0 Å². The van der Waals surface area contributed by atoms with Crippen LogP contribution in [-0.2, 0) is 4.79 Å². The van der Waals surface area contributed by atoms with Crippen LogP contribution in [0.4, 0.5) is 0 Å². The minimum Gasteiger partial charge on any atom is -0.358 e. The average molecular weight is 117 g/mol. The van der Waals surface area contributed by atoms with Crippen LogP contribution in [0.5, 0.6) is 0 Å². The van der Waals surface area contributed by atoms with Crippen molar-refractivity contribution in [1.82, 2.24) is 16.2 Å². The van der Waals surface area contributed by atoms with E-state index >= 15 is 0 Å². The smallest absolute Gasteiger partial charge is 0.235 e. The Morgan fingerprint density at radius 3 is 2.50 bits per heavy atom. The Bertz CT molecular complexity index is 73.7. The van der Waals surface area contributed by atoms with Crippen molar-refractivity contribution < 1.29 is 4.79 Å². The van der Waals surface area contributed by atoms with Crippen molar-refractivity contribution in [2.75, 3.05) is 20.6 Å². The largest absolute Gasteiger partial charge is 0.358 e. The van der Waals surface area contributed by atoms with Crippen LogP contribution < -0.4 is 16.2 Å². The zero-order valence-electron chi connectivity index (χ0n) is 5.12. The van der Waals surface area contributed by atoms with Gasteiger partial charge in [-0.3, -0.25) is 10.2 Å². The summed E-state index contributed by atoms with van der Waals surface area (Å²) in [4.78, 5) is 10.4. The highest BCUT2D eigenvalue weighted by Crippen LogP contribution is 1.53. The molecule has 0 saturated heterocycles. The van der Waals surface area contributed by atoms with Gasteiger partial charge in [-0.2, -0.15) is 0 Å². The second-order valence-corrected chi connectivity index (χ2v) is 1.28. The molecule has 8 heavy (non-hydrogen) atoms. The number of nitrogens with one attached hydrogen (secondary N) is 3. The summed E-state index contributed by atoms with van der Waals surface area (Å²) in [7, 11) is 3.31. The topological polar surface area (TPSA) is 53.2 Å². The van der Waals surface area contributed by atoms with E-state index in [0.29, 0.717) is 6.54 Å². The first-order chi connectivity index (χ1) is 3.81. The molecule has 0 unspecified atom stereocenters. The zero-order chi connectivity index (χ0) is 6.41. The maximum absolute atomic E-state index is 10.4. The van der Waals surface area contributed by atoms with Gasteiger partial charge >= 0.3 is 0 Å². The van der Waals surface area contributed by atoms with Crippen LogP contribution in [0.2, 0.25) is 0 Å². The minimum absolute atomic E-state index is 0.0284. The maximum Gasteiger partial charge on any atom is 0.235 e. The molecule has 0 rings (SSSR count). The molecule has 0 fully saturated rings. The number of likely N-dealkylation sites (N-methyl/N-ethyl adjacent to an activating group) is 1. The number of rotatable bonds is 3. The van der Waals surface area contributed by atoms with Crippen molar-refractivity contribution in [3.05, 3.63) is 0 Å². The van der Waals surface area contributed by atoms with Gasteiger partial charge in [0, 0.05) is 7.05 Å². The number of carbonyl (C=O) groups is 1. The number of hydrogen-bond donors (Lipinski definition) is 3. The van der Waals surface area contributed by atoms with Crippen molar-refractivity contribution in [3.63, 3.8) is 0 Å². The molecule has 0 aliphatic carbocycles. The van der Waals surface area contributed by atoms with Crippen LogP contribution in [0.1, 0.15) is 0 Å². The van der Waals surface area contributed by atoms with E-state index in [9.17, 15) is 4.79 Å². The predicted molar refractivity (Wildman–Crippen MR) is 31.1 cm³/mol. The molecule has 0 atom stereocenters. The van der Waals surface area contributed by atoms with Gasteiger partial charge in [0.2, 0.25) is 5.91 Å². The summed E-state index contributed by atoms with van der Waals surface area (Å²) in [5, 5.41) is 2.46. The lowest BCUT2D eigenvalue weighted by atomic mass is 10.6. The third-order valence-corrected chi connectivity index (χ3v) is 0.705. The summed E-state index contributed by atoms with van der Waals surface area (Å²) in [5.74, 6) is -0.0284. The molecular weight excluding hydrogens is 106 g/mol. The van der Waals surface area contributed by atoms with Crippen LogP contribution >= 0.6 is 0 Å². The molecule has 4 heteroatoms. The monoisotopic (exact) mass is 117 g/mol. The first kappa shape index (κ1) is 7.39. The molecule has 0 aromatic rings. The van der Waals surface area contributed by atoms with Gasteiger partial charge in [-0.1, -0.05) is 0 Å². The van der Waals surface area contributed by atoms with Crippen LogP contribution in [-0.4, -0.2) is 26.5 Å². The normalized spacial score (nSPS) is 8.75. The lowest BCUT2D eigenvalue weighted by Gasteiger charge is -1.98. The van der Waals surface area contributed by atoms with E-state index in [1.54, 1.807) is 14.1 Å². The van der Waals surface area contributed by atoms with Gasteiger partial charge in [0.1, 0.15) is 0 Å². The first-order valence-corrected chi connectivity index (χ1v) is 2.41. The van der Waals surface area contributed by atoms with E-state index in [1.807, 2.05) is 0 Å². The first-order valence-electron chi connectivity index (χ1n) is 2.41. The van der Waals surface area contributed by atoms with Gasteiger partial charge in [0.15, 0.2) is 0 Å². The van der Waals surface area contributed by atoms with Crippen LogP contribution in [0.3, 0.4) is 0 Å². The van der Waals surface area contributed by atoms with E-state index < -0.39 is 0 Å². The quantitative estimate of drug-likeness (QED) is 0.392. The summed E-state index contributed by atoms with van der Waals surface area (Å²) in [6.45, 7) is 0.312. The maximum atomic E-state index is 10.4. The third-order valence-electron chi connectivity index (χ3n) is 0.705. The molecule has 4 nitrogen and oxygen atoms in total. The fourth-order valence-electron chi connectivity index (χ4n) is 0.257. The zero-order valence-corrected chi connectivity index (χ0v) is 5.12. The van der Waals surface area contributed by atoms with Crippen molar-refractivity contribution >= 4 is 5.91 Å². The molecule has 0 aliphatic heterocycles. The molecule has 0 bridgehead atoms. The van der Waals surface area contributed by atoms with Gasteiger partial charge in [-0.25, -0.2) is 5.43 Å². The Morgan fingerprint density at radius 2 is 2.12 bits per heavy atom. The van der Waals surface area contributed by atoms with Gasteiger partial charge in [0.05, 0.1) is 6.54 Å². The minimum atomic E-state index is -0.0284. The lowest BCUT2D eigenvalue weighted by Crippen LogP contribution is -2.37. The molecule has 0 heterocycles. The van der Waals surface area contributed by atoms with Gasteiger partial charge in [-0.15, -0.1) is 0 Å². The molecule has 0 aliphatic rings. The summed E-state index contributed by atoms with van der Waals surface area (Å²) in [5.41, 5.74) is 5.26. The Kier molecular flexibility index (Phi) is 4.20. The van der Waals surface area contributed by atoms with Gasteiger partial charge in [-0.05, 0) is 7.05 Å². The summed E-state index contributed by atoms with van der Waals surface area (Å²) < 4.78 is 0. The fourth-order valence-corrected chi connectivity index (χ4v) is 0.257. The molecule has 48 valence electrons. The van der Waals surface area contributed by atoms with Crippen molar-refractivity contribution in [2.24, 2.45) is 0 Å². The van der Waals surface area contributed by atoms with E-state index in [1.165, 1.54) is 0 Å². The van der Waals surface area contributed by atoms with E-state index in [2.05, 4.69) is 16.2 Å². The van der Waals surface area contributed by atoms with E-state index in [-0.39, 0.29) is 5.91 Å². The van der Waals surface area contributed by atoms with Crippen molar-refractivity contribution in [2.45, 2.75) is 0 Å². The molecule has 0 aromatic heterocycles. The average Bonchev–Trinajstić information content (AvgIpc) is 1.83. The molecule has 0 saturated carbocycles. The lowest BCUT2D eigenvalue weighted by molar-refractivity contribution is -0.119. The Labute approximate surface area is 48.6 Å². The standard InChI is InChI=1S/C4H11N3O/c1-5-4(8)3-7-6-2/h6-7H,3H2,1-2H3,(H,5,8). The highest BCUT2D eigenvalue weighted by molar-refractivity contribution is 5.77. The van der Waals surface area contributed by atoms with E-state index in [0.717, 1.165) is 0 Å². The summed E-state index contributed by atoms with van der Waals surface area (Å²) >= 11 is 0. The van der Waals surface area contributed by atoms with Crippen LogP contribution in [0.15, 0.2) is 0 Å². The predicted octanol–water partition coefficient (Wildman–Crippen LogP) is -1.54. The Morgan fingerprint density at radius 1 is 1.50 bits per heavy atom. The molecule has 3 N–H and O–H groups in total. The summed E-state index contributed by atoms with van der Waals surface area (Å²) in [6, 6.07) is 0. The number of hydrazine groups is 1. The highest BCUT2D eigenvalue weighted by Gasteiger charge is 1.90. The van der Waals surface area contributed by atoms with E-state index in [4.69, 9.17) is 0 Å². The van der Waals surface area contributed by atoms with Crippen molar-refractivity contribution in [1.29, 1.82) is 0 Å². The molecule has 0 aromatic carbocycles. The van der Waals surface area contributed by atoms with Crippen molar-refractivity contribution in [3.8, 4) is 0 Å². The van der Waals surface area contributed by atoms with Gasteiger partial charge in [0.25, 0.3) is 0 Å². The van der Waals surface area contributed by atoms with Crippen LogP contribution in [0.25, 0.3) is 0 Å². The molecule has 0 spiro atoms. The molecular formula is C4H11N3O. The second-order valence-electron chi connectivity index (χ2n) is 1.28. The highest BCUT2D eigenvalue weighted by atomic mass is 16.1. The SMILES string of the molecule is CNNCC(=O)NC.